The summed E-state index contributed by atoms with van der Waals surface area (Å²) in [6, 6.07) is 6.50. The molecule has 3 rings (SSSR count). The summed E-state index contributed by atoms with van der Waals surface area (Å²) in [6.45, 7) is 1.36. The summed E-state index contributed by atoms with van der Waals surface area (Å²) in [7, 11) is -3.65. The molecular formula is C14H19NO6S. The highest BCUT2D eigenvalue weighted by molar-refractivity contribution is 7.89. The predicted molar refractivity (Wildman–Crippen MR) is 76.6 cm³/mol. The van der Waals surface area contributed by atoms with E-state index in [9.17, 15) is 18.6 Å². The molecule has 3 atom stereocenters. The number of sulfonamides is 1. The van der Waals surface area contributed by atoms with Gasteiger partial charge >= 0.3 is 0 Å². The van der Waals surface area contributed by atoms with Crippen LogP contribution in [0.5, 0.6) is 0 Å². The first-order valence-electron chi connectivity index (χ1n) is 7.02. The molecule has 0 amide bonds. The first-order chi connectivity index (χ1) is 10.3. The van der Waals surface area contributed by atoms with E-state index in [0.29, 0.717) is 0 Å². The van der Waals surface area contributed by atoms with Crippen LogP contribution in [0.25, 0.3) is 0 Å². The Kier molecular flexibility index (Phi) is 3.79. The molecule has 2 fully saturated rings. The third-order valence-corrected chi connectivity index (χ3v) is 6.16. The van der Waals surface area contributed by atoms with E-state index >= 15 is 0 Å². The van der Waals surface area contributed by atoms with Gasteiger partial charge in [-0.3, -0.25) is 0 Å². The normalized spacial score (nSPS) is 31.4. The number of aliphatic hydroxyl groups excluding tert-OH is 3. The van der Waals surface area contributed by atoms with Gasteiger partial charge in [0.1, 0.15) is 23.9 Å². The summed E-state index contributed by atoms with van der Waals surface area (Å²) in [5, 5.41) is 29.0. The van der Waals surface area contributed by atoms with Crippen LogP contribution >= 0.6 is 0 Å². The molecule has 2 saturated heterocycles. The molecular weight excluding hydrogens is 310 g/mol. The van der Waals surface area contributed by atoms with Gasteiger partial charge in [0.15, 0.2) is 0 Å². The first kappa shape index (κ1) is 15.9. The Labute approximate surface area is 128 Å². The van der Waals surface area contributed by atoms with Crippen LogP contribution in [0.2, 0.25) is 0 Å². The lowest BCUT2D eigenvalue weighted by atomic mass is 9.89. The zero-order valence-corrected chi connectivity index (χ0v) is 12.9. The lowest BCUT2D eigenvalue weighted by Gasteiger charge is -2.47. The topological polar surface area (TPSA) is 107 Å². The monoisotopic (exact) mass is 329 g/mol. The highest BCUT2D eigenvalue weighted by Gasteiger charge is 2.62. The zero-order valence-electron chi connectivity index (χ0n) is 12.1. The van der Waals surface area contributed by atoms with Gasteiger partial charge in [-0.15, -0.1) is 0 Å². The highest BCUT2D eigenvalue weighted by atomic mass is 32.2. The Morgan fingerprint density at radius 1 is 1.27 bits per heavy atom. The quantitative estimate of drug-likeness (QED) is 0.646. The molecule has 0 aromatic heterocycles. The molecule has 1 aromatic carbocycles. The van der Waals surface area contributed by atoms with Crippen molar-refractivity contribution < 1.29 is 28.5 Å². The van der Waals surface area contributed by atoms with E-state index < -0.39 is 40.5 Å². The standard InChI is InChI=1S/C14H19NO6S/c1-9-2-4-10(5-3-9)22(19,20)15-7-14(8-15)13(18)12(17)11(6-16)21-14/h2-5,11-13,16-18H,6-8H2,1H3/t11-,12-,13-/m1/s1. The predicted octanol–water partition coefficient (Wildman–Crippen LogP) is -1.15. The number of hydrogen-bond donors (Lipinski definition) is 3. The maximum Gasteiger partial charge on any atom is 0.243 e. The van der Waals surface area contributed by atoms with Gasteiger partial charge < -0.3 is 20.1 Å². The summed E-state index contributed by atoms with van der Waals surface area (Å²) >= 11 is 0. The third-order valence-electron chi connectivity index (χ3n) is 4.36. The number of aliphatic hydroxyl groups is 3. The molecule has 1 spiro atoms. The molecule has 2 heterocycles. The van der Waals surface area contributed by atoms with Gasteiger partial charge in [0, 0.05) is 13.1 Å². The van der Waals surface area contributed by atoms with Crippen LogP contribution in [0.4, 0.5) is 0 Å². The minimum atomic E-state index is -3.65. The number of hydrogen-bond acceptors (Lipinski definition) is 6. The van der Waals surface area contributed by atoms with Crippen molar-refractivity contribution in [2.45, 2.75) is 35.7 Å². The molecule has 2 aliphatic rings. The molecule has 0 saturated carbocycles. The fourth-order valence-electron chi connectivity index (χ4n) is 2.94. The Hall–Kier alpha value is -1.03. The smallest absolute Gasteiger partial charge is 0.243 e. The van der Waals surface area contributed by atoms with Crippen molar-refractivity contribution in [2.75, 3.05) is 19.7 Å². The van der Waals surface area contributed by atoms with Gasteiger partial charge in [0.25, 0.3) is 0 Å². The van der Waals surface area contributed by atoms with Crippen molar-refractivity contribution >= 4 is 10.0 Å². The SMILES string of the molecule is Cc1ccc(S(=O)(=O)N2CC3(C2)O[C@H](CO)[C@@H](O)[C@H]3O)cc1. The lowest BCUT2D eigenvalue weighted by molar-refractivity contribution is -0.149. The molecule has 3 N–H and O–H groups in total. The number of nitrogens with zero attached hydrogens (tertiary/aromatic N) is 1. The van der Waals surface area contributed by atoms with E-state index in [2.05, 4.69) is 0 Å². The molecule has 22 heavy (non-hydrogen) atoms. The largest absolute Gasteiger partial charge is 0.394 e. The molecule has 0 bridgehead atoms. The minimum absolute atomic E-state index is 0.0437. The van der Waals surface area contributed by atoms with Gasteiger partial charge in [-0.05, 0) is 19.1 Å². The van der Waals surface area contributed by atoms with Crippen molar-refractivity contribution in [3.05, 3.63) is 29.8 Å². The van der Waals surface area contributed by atoms with Crippen LogP contribution in [-0.2, 0) is 14.8 Å². The van der Waals surface area contributed by atoms with E-state index in [-0.39, 0.29) is 18.0 Å². The fraction of sp³-hybridized carbons (Fsp3) is 0.571. The Bertz CT molecular complexity index is 652. The summed E-state index contributed by atoms with van der Waals surface area (Å²) in [4.78, 5) is 0.180. The average Bonchev–Trinajstić information content (AvgIpc) is 2.70. The second-order valence-corrected chi connectivity index (χ2v) is 7.86. The molecule has 8 heteroatoms. The second-order valence-electron chi connectivity index (χ2n) is 5.93. The molecule has 122 valence electrons. The average molecular weight is 329 g/mol. The van der Waals surface area contributed by atoms with Crippen molar-refractivity contribution in [2.24, 2.45) is 0 Å². The van der Waals surface area contributed by atoms with Crippen LogP contribution in [0.15, 0.2) is 29.2 Å². The lowest BCUT2D eigenvalue weighted by Crippen LogP contribution is -2.68. The number of aryl methyl sites for hydroxylation is 1. The second kappa shape index (κ2) is 5.26. The Morgan fingerprint density at radius 3 is 2.36 bits per heavy atom. The molecule has 1 aromatic rings. The van der Waals surface area contributed by atoms with Crippen molar-refractivity contribution in [1.29, 1.82) is 0 Å². The summed E-state index contributed by atoms with van der Waals surface area (Å²) in [5.74, 6) is 0. The maximum atomic E-state index is 12.5. The van der Waals surface area contributed by atoms with Crippen molar-refractivity contribution in [1.82, 2.24) is 4.31 Å². The summed E-state index contributed by atoms with van der Waals surface area (Å²) in [5.41, 5.74) is -0.174. The summed E-state index contributed by atoms with van der Waals surface area (Å²) in [6.07, 6.45) is -3.32. The van der Waals surface area contributed by atoms with Crippen LogP contribution in [0.3, 0.4) is 0 Å². The van der Waals surface area contributed by atoms with Gasteiger partial charge in [-0.1, -0.05) is 17.7 Å². The van der Waals surface area contributed by atoms with E-state index in [4.69, 9.17) is 9.84 Å². The van der Waals surface area contributed by atoms with Gasteiger partial charge in [-0.25, -0.2) is 8.42 Å². The molecule has 2 aliphatic heterocycles. The number of rotatable bonds is 3. The number of ether oxygens (including phenoxy) is 1. The van der Waals surface area contributed by atoms with Crippen LogP contribution in [0, 0.1) is 6.92 Å². The minimum Gasteiger partial charge on any atom is -0.394 e. The van der Waals surface area contributed by atoms with Crippen LogP contribution < -0.4 is 0 Å². The maximum absolute atomic E-state index is 12.5. The molecule has 0 radical (unpaired) electrons. The molecule has 0 unspecified atom stereocenters. The summed E-state index contributed by atoms with van der Waals surface area (Å²) < 4.78 is 31.6. The Morgan fingerprint density at radius 2 is 1.86 bits per heavy atom. The van der Waals surface area contributed by atoms with Crippen molar-refractivity contribution in [3.8, 4) is 0 Å². The van der Waals surface area contributed by atoms with E-state index in [1.54, 1.807) is 12.1 Å². The van der Waals surface area contributed by atoms with E-state index in [1.165, 1.54) is 16.4 Å². The van der Waals surface area contributed by atoms with Gasteiger partial charge in [0.2, 0.25) is 10.0 Å². The van der Waals surface area contributed by atoms with E-state index in [1.807, 2.05) is 6.92 Å². The first-order valence-corrected chi connectivity index (χ1v) is 8.46. The molecule has 0 aliphatic carbocycles. The third kappa shape index (κ3) is 2.27. The zero-order chi connectivity index (χ0) is 16.1. The van der Waals surface area contributed by atoms with Gasteiger partial charge in [0.05, 0.1) is 11.5 Å². The van der Waals surface area contributed by atoms with Gasteiger partial charge in [-0.2, -0.15) is 4.31 Å². The van der Waals surface area contributed by atoms with E-state index in [0.717, 1.165) is 5.56 Å². The van der Waals surface area contributed by atoms with Crippen LogP contribution in [-0.4, -0.2) is 71.7 Å². The van der Waals surface area contributed by atoms with Crippen molar-refractivity contribution in [3.63, 3.8) is 0 Å². The Balaban J connectivity index is 1.77. The number of benzene rings is 1. The highest BCUT2D eigenvalue weighted by Crippen LogP contribution is 2.40. The molecule has 7 nitrogen and oxygen atoms in total. The fourth-order valence-corrected chi connectivity index (χ4v) is 4.50. The van der Waals surface area contributed by atoms with Crippen LogP contribution in [0.1, 0.15) is 5.56 Å².